The van der Waals surface area contributed by atoms with Gasteiger partial charge in [-0.3, -0.25) is 9.78 Å². The monoisotopic (exact) mass is 454 g/mol. The van der Waals surface area contributed by atoms with E-state index in [4.69, 9.17) is 9.72 Å². The highest BCUT2D eigenvalue weighted by Gasteiger charge is 2.12. The zero-order valence-electron chi connectivity index (χ0n) is 18.3. The Hall–Kier alpha value is -3.97. The van der Waals surface area contributed by atoms with E-state index < -0.39 is 0 Å². The normalized spacial score (nSPS) is 11.0. The Balaban J connectivity index is 1.40. The van der Waals surface area contributed by atoms with Crippen LogP contribution < -0.4 is 10.1 Å². The Bertz CT molecular complexity index is 1440. The van der Waals surface area contributed by atoms with Gasteiger partial charge in [0.05, 0.1) is 11.0 Å². The van der Waals surface area contributed by atoms with E-state index in [1.165, 1.54) is 16.7 Å². The molecule has 5 aromatic rings. The lowest BCUT2D eigenvalue weighted by Gasteiger charge is -2.07. The first-order valence-electron chi connectivity index (χ1n) is 10.5. The van der Waals surface area contributed by atoms with Gasteiger partial charge in [0.15, 0.2) is 0 Å². The molecular weight excluding hydrogens is 432 g/mol. The van der Waals surface area contributed by atoms with Crippen LogP contribution in [0.2, 0.25) is 0 Å². The molecule has 33 heavy (non-hydrogen) atoms. The van der Waals surface area contributed by atoms with Gasteiger partial charge >= 0.3 is 0 Å². The number of carbonyl (C=O) groups is 1. The van der Waals surface area contributed by atoms with E-state index in [1.807, 2.05) is 25.2 Å². The highest BCUT2D eigenvalue weighted by Crippen LogP contribution is 2.28. The molecule has 0 unspecified atom stereocenters. The van der Waals surface area contributed by atoms with Gasteiger partial charge in [0, 0.05) is 38.8 Å². The first-order valence-corrected chi connectivity index (χ1v) is 11.5. The van der Waals surface area contributed by atoms with Crippen molar-refractivity contribution in [3.05, 3.63) is 94.7 Å². The summed E-state index contributed by atoms with van der Waals surface area (Å²) in [6, 6.07) is 19.9. The summed E-state index contributed by atoms with van der Waals surface area (Å²) in [5.74, 6) is 1.92. The molecule has 0 fully saturated rings. The number of fused-ring (bicyclic) bond motifs is 1. The minimum absolute atomic E-state index is 0.256. The van der Waals surface area contributed by atoms with E-state index in [0.29, 0.717) is 17.2 Å². The van der Waals surface area contributed by atoms with Crippen LogP contribution in [0.25, 0.3) is 22.2 Å². The highest BCUT2D eigenvalue weighted by molar-refractivity contribution is 7.08. The molecule has 1 amide bonds. The average molecular weight is 455 g/mol. The van der Waals surface area contributed by atoms with E-state index in [0.717, 1.165) is 23.3 Å². The average Bonchev–Trinajstić information content (AvgIpc) is 3.48. The van der Waals surface area contributed by atoms with Crippen LogP contribution in [-0.2, 0) is 13.5 Å². The number of aromatic nitrogens is 3. The van der Waals surface area contributed by atoms with Gasteiger partial charge in [0.2, 0.25) is 0 Å². The molecule has 0 spiro atoms. The fraction of sp³-hybridized carbons (Fsp3) is 0.115. The van der Waals surface area contributed by atoms with Crippen LogP contribution in [0.15, 0.2) is 77.6 Å². The molecule has 0 radical (unpaired) electrons. The van der Waals surface area contributed by atoms with Gasteiger partial charge in [-0.05, 0) is 51.7 Å². The van der Waals surface area contributed by atoms with E-state index >= 15 is 0 Å². The minimum atomic E-state index is -0.256. The number of benzene rings is 2. The van der Waals surface area contributed by atoms with Gasteiger partial charge in [-0.1, -0.05) is 24.3 Å². The third-order valence-electron chi connectivity index (χ3n) is 5.52. The lowest BCUT2D eigenvalue weighted by atomic mass is 10.0. The number of carbonyl (C=O) groups excluding carboxylic acids is 1. The van der Waals surface area contributed by atoms with Crippen molar-refractivity contribution in [2.75, 3.05) is 7.05 Å². The predicted molar refractivity (Wildman–Crippen MR) is 131 cm³/mol. The number of hydrogen-bond acceptors (Lipinski definition) is 5. The predicted octanol–water partition coefficient (Wildman–Crippen LogP) is 5.44. The Kier molecular flexibility index (Phi) is 5.62. The number of nitrogens with zero attached hydrogens (tertiary/aromatic N) is 3. The molecule has 3 aromatic heterocycles. The Morgan fingerprint density at radius 3 is 2.76 bits per heavy atom. The van der Waals surface area contributed by atoms with Crippen LogP contribution >= 0.6 is 11.3 Å². The molecule has 7 heteroatoms. The maximum absolute atomic E-state index is 11.8. The molecule has 0 aliphatic rings. The third kappa shape index (κ3) is 4.36. The maximum Gasteiger partial charge on any atom is 0.269 e. The van der Waals surface area contributed by atoms with Gasteiger partial charge in [0.25, 0.3) is 5.91 Å². The quantitative estimate of drug-likeness (QED) is 0.371. The molecule has 0 saturated heterocycles. The molecule has 1 N–H and O–H groups in total. The molecule has 164 valence electrons. The van der Waals surface area contributed by atoms with Gasteiger partial charge in [-0.15, -0.1) is 0 Å². The number of ether oxygens (including phenoxy) is 1. The molecule has 0 aliphatic carbocycles. The van der Waals surface area contributed by atoms with Gasteiger partial charge in [-0.25, -0.2) is 4.98 Å². The lowest BCUT2D eigenvalue weighted by molar-refractivity contribution is 0.0958. The summed E-state index contributed by atoms with van der Waals surface area (Å²) in [4.78, 5) is 20.8. The largest absolute Gasteiger partial charge is 0.457 e. The van der Waals surface area contributed by atoms with E-state index in [2.05, 4.69) is 56.0 Å². The highest BCUT2D eigenvalue weighted by atomic mass is 32.1. The second-order valence-corrected chi connectivity index (χ2v) is 8.46. The van der Waals surface area contributed by atoms with Crippen molar-refractivity contribution in [3.8, 4) is 22.6 Å². The van der Waals surface area contributed by atoms with Gasteiger partial charge in [0.1, 0.15) is 23.0 Å². The first-order chi connectivity index (χ1) is 16.1. The summed E-state index contributed by atoms with van der Waals surface area (Å²) >= 11 is 1.70. The minimum Gasteiger partial charge on any atom is -0.457 e. The van der Waals surface area contributed by atoms with Crippen LogP contribution in [0, 0.1) is 0 Å². The Morgan fingerprint density at radius 1 is 1.06 bits per heavy atom. The van der Waals surface area contributed by atoms with E-state index in [-0.39, 0.29) is 5.91 Å². The third-order valence-corrected chi connectivity index (χ3v) is 6.20. The molecule has 0 atom stereocenters. The zero-order valence-corrected chi connectivity index (χ0v) is 19.1. The first kappa shape index (κ1) is 20.9. The second kappa shape index (κ2) is 8.88. The summed E-state index contributed by atoms with van der Waals surface area (Å²) in [7, 11) is 3.61. The zero-order chi connectivity index (χ0) is 22.8. The summed E-state index contributed by atoms with van der Waals surface area (Å²) in [6.07, 6.45) is 2.29. The number of aryl methyl sites for hydroxylation is 1. The number of pyridine rings is 1. The molecule has 3 heterocycles. The fourth-order valence-corrected chi connectivity index (χ4v) is 4.45. The standard InChI is InChI=1S/C26H22N4O2S/c1-27-26(31)23-15-21(8-10-28-23)32-20-6-7-24-22(14-20)29-25(30(24)2)13-17-4-3-5-18(12-17)19-9-11-33-16-19/h3-12,14-16H,13H2,1-2H3,(H,27,31). The van der Waals surface area contributed by atoms with Crippen LogP contribution in [0.5, 0.6) is 11.5 Å². The summed E-state index contributed by atoms with van der Waals surface area (Å²) in [5, 5.41) is 6.83. The van der Waals surface area contributed by atoms with Crippen molar-refractivity contribution in [2.45, 2.75) is 6.42 Å². The number of hydrogen-bond donors (Lipinski definition) is 1. The number of nitrogens with one attached hydrogen (secondary N) is 1. The number of imidazole rings is 1. The molecular formula is C26H22N4O2S. The molecule has 0 aliphatic heterocycles. The van der Waals surface area contributed by atoms with Crippen molar-refractivity contribution in [1.82, 2.24) is 19.9 Å². The van der Waals surface area contributed by atoms with Crippen molar-refractivity contribution in [1.29, 1.82) is 0 Å². The molecule has 0 bridgehead atoms. The molecule has 5 rings (SSSR count). The second-order valence-electron chi connectivity index (χ2n) is 7.68. The fourth-order valence-electron chi connectivity index (χ4n) is 3.79. The number of thiophene rings is 1. The number of amides is 1. The van der Waals surface area contributed by atoms with Crippen LogP contribution in [0.1, 0.15) is 21.9 Å². The number of rotatable bonds is 6. The van der Waals surface area contributed by atoms with E-state index in [9.17, 15) is 4.79 Å². The summed E-state index contributed by atoms with van der Waals surface area (Å²) < 4.78 is 8.10. The lowest BCUT2D eigenvalue weighted by Crippen LogP contribution is -2.18. The summed E-state index contributed by atoms with van der Waals surface area (Å²) in [6.45, 7) is 0. The van der Waals surface area contributed by atoms with Crippen molar-refractivity contribution < 1.29 is 9.53 Å². The topological polar surface area (TPSA) is 69.0 Å². The van der Waals surface area contributed by atoms with Crippen LogP contribution in [-0.4, -0.2) is 27.5 Å². The molecule has 0 saturated carbocycles. The molecule has 6 nitrogen and oxygen atoms in total. The van der Waals surface area contributed by atoms with E-state index in [1.54, 1.807) is 36.7 Å². The summed E-state index contributed by atoms with van der Waals surface area (Å²) in [5.41, 5.74) is 5.88. The van der Waals surface area contributed by atoms with Crippen molar-refractivity contribution >= 4 is 28.3 Å². The van der Waals surface area contributed by atoms with Crippen LogP contribution in [0.3, 0.4) is 0 Å². The Labute approximate surface area is 195 Å². The smallest absolute Gasteiger partial charge is 0.269 e. The maximum atomic E-state index is 11.8. The van der Waals surface area contributed by atoms with Crippen LogP contribution in [0.4, 0.5) is 0 Å². The SMILES string of the molecule is CNC(=O)c1cc(Oc2ccc3c(c2)nc(Cc2cccc(-c4ccsc4)c2)n3C)ccn1. The van der Waals surface area contributed by atoms with Gasteiger partial charge < -0.3 is 14.6 Å². The van der Waals surface area contributed by atoms with Crippen molar-refractivity contribution in [3.63, 3.8) is 0 Å². The Morgan fingerprint density at radius 2 is 1.94 bits per heavy atom. The van der Waals surface area contributed by atoms with Gasteiger partial charge in [-0.2, -0.15) is 11.3 Å². The molecule has 2 aromatic carbocycles. The van der Waals surface area contributed by atoms with Crippen molar-refractivity contribution in [2.24, 2.45) is 7.05 Å².